The predicted molar refractivity (Wildman–Crippen MR) is 68.1 cm³/mol. The lowest BCUT2D eigenvalue weighted by Crippen LogP contribution is -2.63. The molecule has 5 heteroatoms. The summed E-state index contributed by atoms with van der Waals surface area (Å²) in [7, 11) is 0. The van der Waals surface area contributed by atoms with E-state index in [9.17, 15) is 9.90 Å². The lowest BCUT2D eigenvalue weighted by molar-refractivity contribution is -0.157. The van der Waals surface area contributed by atoms with Crippen molar-refractivity contribution in [3.05, 3.63) is 17.5 Å². The van der Waals surface area contributed by atoms with Crippen LogP contribution in [0.3, 0.4) is 0 Å². The van der Waals surface area contributed by atoms with E-state index in [1.54, 1.807) is 9.58 Å². The number of carbonyl (C=O) groups is 1. The molecule has 1 aliphatic rings. The van der Waals surface area contributed by atoms with Gasteiger partial charge in [-0.1, -0.05) is 13.3 Å². The lowest BCUT2D eigenvalue weighted by atomic mass is 9.89. The van der Waals surface area contributed by atoms with E-state index in [1.165, 1.54) is 0 Å². The summed E-state index contributed by atoms with van der Waals surface area (Å²) in [6, 6.07) is 1.96. The summed E-state index contributed by atoms with van der Waals surface area (Å²) in [5, 5.41) is 14.3. The molecule has 2 heterocycles. The van der Waals surface area contributed by atoms with Gasteiger partial charge in [-0.05, 0) is 26.3 Å². The topological polar surface area (TPSA) is 58.4 Å². The smallest absolute Gasteiger partial charge is 0.244 e. The first-order valence-electron chi connectivity index (χ1n) is 6.45. The molecule has 100 valence electrons. The highest BCUT2D eigenvalue weighted by molar-refractivity contribution is 5.77. The van der Waals surface area contributed by atoms with E-state index < -0.39 is 5.60 Å². The number of amides is 1. The van der Waals surface area contributed by atoms with Crippen molar-refractivity contribution in [1.29, 1.82) is 0 Å². The fraction of sp³-hybridized carbons (Fsp3) is 0.692. The highest BCUT2D eigenvalue weighted by atomic mass is 16.3. The van der Waals surface area contributed by atoms with E-state index in [0.29, 0.717) is 13.1 Å². The Morgan fingerprint density at radius 3 is 2.67 bits per heavy atom. The van der Waals surface area contributed by atoms with Crippen molar-refractivity contribution in [2.24, 2.45) is 0 Å². The third kappa shape index (κ3) is 2.56. The fourth-order valence-corrected chi connectivity index (χ4v) is 2.53. The standard InChI is InChI=1S/C13H21N3O2/c1-4-5-13(18)8-15(9-13)12(17)7-16-11(3)6-10(2)14-16/h6,18H,4-5,7-9H2,1-3H3. The van der Waals surface area contributed by atoms with Gasteiger partial charge in [-0.15, -0.1) is 0 Å². The zero-order valence-corrected chi connectivity index (χ0v) is 11.3. The van der Waals surface area contributed by atoms with Crippen molar-refractivity contribution in [2.75, 3.05) is 13.1 Å². The van der Waals surface area contributed by atoms with Crippen molar-refractivity contribution in [3.63, 3.8) is 0 Å². The van der Waals surface area contributed by atoms with Gasteiger partial charge in [0.1, 0.15) is 6.54 Å². The average Bonchev–Trinajstić information content (AvgIpc) is 2.54. The Morgan fingerprint density at radius 1 is 1.50 bits per heavy atom. The molecule has 1 saturated heterocycles. The molecule has 0 unspecified atom stereocenters. The SMILES string of the molecule is CCCC1(O)CN(C(=O)Cn2nc(C)cc2C)C1. The summed E-state index contributed by atoms with van der Waals surface area (Å²) in [5.74, 6) is 0.0296. The molecule has 0 spiro atoms. The fourth-order valence-electron chi connectivity index (χ4n) is 2.53. The van der Waals surface area contributed by atoms with Crippen molar-refractivity contribution in [3.8, 4) is 0 Å². The Bertz CT molecular complexity index is 447. The van der Waals surface area contributed by atoms with Gasteiger partial charge in [0, 0.05) is 5.69 Å². The maximum atomic E-state index is 12.0. The molecule has 0 saturated carbocycles. The van der Waals surface area contributed by atoms with Crippen LogP contribution >= 0.6 is 0 Å². The molecular formula is C13H21N3O2. The molecule has 0 aliphatic carbocycles. The first-order chi connectivity index (χ1) is 8.43. The van der Waals surface area contributed by atoms with Crippen LogP contribution < -0.4 is 0 Å². The highest BCUT2D eigenvalue weighted by Crippen LogP contribution is 2.25. The van der Waals surface area contributed by atoms with Gasteiger partial charge in [0.25, 0.3) is 0 Å². The van der Waals surface area contributed by atoms with Crippen LogP contribution in [0.15, 0.2) is 6.07 Å². The molecule has 0 aromatic carbocycles. The second kappa shape index (κ2) is 4.72. The van der Waals surface area contributed by atoms with Gasteiger partial charge >= 0.3 is 0 Å². The zero-order valence-electron chi connectivity index (χ0n) is 11.3. The Balaban J connectivity index is 1.89. The molecule has 1 fully saturated rings. The highest BCUT2D eigenvalue weighted by Gasteiger charge is 2.42. The van der Waals surface area contributed by atoms with Crippen LogP contribution in [0.5, 0.6) is 0 Å². The van der Waals surface area contributed by atoms with Crippen LogP contribution in [-0.4, -0.2) is 44.4 Å². The Hall–Kier alpha value is -1.36. The van der Waals surface area contributed by atoms with Gasteiger partial charge in [-0.2, -0.15) is 5.10 Å². The van der Waals surface area contributed by atoms with Crippen LogP contribution in [0.25, 0.3) is 0 Å². The molecule has 5 nitrogen and oxygen atoms in total. The first-order valence-corrected chi connectivity index (χ1v) is 6.45. The molecular weight excluding hydrogens is 230 g/mol. The van der Waals surface area contributed by atoms with E-state index in [4.69, 9.17) is 0 Å². The molecule has 0 atom stereocenters. The number of nitrogens with zero attached hydrogens (tertiary/aromatic N) is 3. The van der Waals surface area contributed by atoms with E-state index in [1.807, 2.05) is 26.8 Å². The molecule has 1 aliphatic heterocycles. The number of β-amino-alcohol motifs (C(OH)–C–C–N with tert-alkyl or cyclic N) is 1. The first kappa shape index (κ1) is 13.1. The summed E-state index contributed by atoms with van der Waals surface area (Å²) in [6.07, 6.45) is 1.70. The number of carbonyl (C=O) groups excluding carboxylic acids is 1. The van der Waals surface area contributed by atoms with Crippen LogP contribution in [0, 0.1) is 13.8 Å². The summed E-state index contributed by atoms with van der Waals surface area (Å²) >= 11 is 0. The van der Waals surface area contributed by atoms with Gasteiger partial charge in [0.2, 0.25) is 5.91 Å². The molecule has 2 rings (SSSR count). The minimum absolute atomic E-state index is 0.0296. The number of aliphatic hydroxyl groups is 1. The van der Waals surface area contributed by atoms with E-state index in [2.05, 4.69) is 5.10 Å². The van der Waals surface area contributed by atoms with Crippen LogP contribution in [0.4, 0.5) is 0 Å². The van der Waals surface area contributed by atoms with E-state index in [0.717, 1.165) is 24.2 Å². The second-order valence-corrected chi connectivity index (χ2v) is 5.31. The molecule has 1 aromatic rings. The second-order valence-electron chi connectivity index (χ2n) is 5.31. The van der Waals surface area contributed by atoms with Crippen LogP contribution in [-0.2, 0) is 11.3 Å². The van der Waals surface area contributed by atoms with Crippen molar-refractivity contribution >= 4 is 5.91 Å². The maximum absolute atomic E-state index is 12.0. The molecule has 1 N–H and O–H groups in total. The number of likely N-dealkylation sites (tertiary alicyclic amines) is 1. The quantitative estimate of drug-likeness (QED) is 0.864. The summed E-state index contributed by atoms with van der Waals surface area (Å²) in [6.45, 7) is 7.08. The average molecular weight is 251 g/mol. The molecule has 0 bridgehead atoms. The van der Waals surface area contributed by atoms with Crippen LogP contribution in [0.2, 0.25) is 0 Å². The molecule has 18 heavy (non-hydrogen) atoms. The third-order valence-corrected chi connectivity index (χ3v) is 3.43. The zero-order chi connectivity index (χ0) is 13.3. The van der Waals surface area contributed by atoms with Gasteiger partial charge in [0.05, 0.1) is 24.4 Å². The van der Waals surface area contributed by atoms with E-state index >= 15 is 0 Å². The Kier molecular flexibility index (Phi) is 3.43. The minimum Gasteiger partial charge on any atom is -0.386 e. The van der Waals surface area contributed by atoms with E-state index in [-0.39, 0.29) is 12.5 Å². The molecule has 0 radical (unpaired) electrons. The van der Waals surface area contributed by atoms with Crippen molar-refractivity contribution < 1.29 is 9.90 Å². The van der Waals surface area contributed by atoms with Crippen molar-refractivity contribution in [1.82, 2.24) is 14.7 Å². The third-order valence-electron chi connectivity index (χ3n) is 3.43. The largest absolute Gasteiger partial charge is 0.386 e. The predicted octanol–water partition coefficient (Wildman–Crippen LogP) is 0.873. The summed E-state index contributed by atoms with van der Waals surface area (Å²) in [4.78, 5) is 13.7. The van der Waals surface area contributed by atoms with Crippen molar-refractivity contribution in [2.45, 2.75) is 45.8 Å². The minimum atomic E-state index is -0.653. The molecule has 1 aromatic heterocycles. The Labute approximate surface area is 107 Å². The van der Waals surface area contributed by atoms with Gasteiger partial charge in [-0.3, -0.25) is 9.48 Å². The number of rotatable bonds is 4. The number of aromatic nitrogens is 2. The number of hydrogen-bond donors (Lipinski definition) is 1. The number of hydrogen-bond acceptors (Lipinski definition) is 3. The number of aryl methyl sites for hydroxylation is 2. The van der Waals surface area contributed by atoms with Crippen LogP contribution in [0.1, 0.15) is 31.2 Å². The van der Waals surface area contributed by atoms with Gasteiger partial charge in [0.15, 0.2) is 0 Å². The normalized spacial score (nSPS) is 17.7. The molecule has 1 amide bonds. The Morgan fingerprint density at radius 2 is 2.17 bits per heavy atom. The van der Waals surface area contributed by atoms with Gasteiger partial charge in [-0.25, -0.2) is 0 Å². The summed E-state index contributed by atoms with van der Waals surface area (Å²) < 4.78 is 1.72. The summed E-state index contributed by atoms with van der Waals surface area (Å²) in [5.41, 5.74) is 1.26. The maximum Gasteiger partial charge on any atom is 0.244 e. The lowest BCUT2D eigenvalue weighted by Gasteiger charge is -2.46. The van der Waals surface area contributed by atoms with Gasteiger partial charge < -0.3 is 10.0 Å². The monoisotopic (exact) mass is 251 g/mol.